The van der Waals surface area contributed by atoms with E-state index in [1.165, 1.54) is 0 Å². The predicted molar refractivity (Wildman–Crippen MR) is 135 cm³/mol. The zero-order valence-corrected chi connectivity index (χ0v) is 20.7. The van der Waals surface area contributed by atoms with Crippen LogP contribution in [-0.2, 0) is 6.54 Å². The van der Waals surface area contributed by atoms with Crippen molar-refractivity contribution in [3.05, 3.63) is 66.1 Å². The van der Waals surface area contributed by atoms with Crippen LogP contribution < -0.4 is 20.1 Å². The number of hydrogen-bond acceptors (Lipinski definition) is 6. The van der Waals surface area contributed by atoms with Crippen molar-refractivity contribution in [1.82, 2.24) is 15.6 Å². The Morgan fingerprint density at radius 3 is 2.59 bits per heavy atom. The molecule has 0 amide bonds. The molecule has 9 heteroatoms. The van der Waals surface area contributed by atoms with Gasteiger partial charge in [0.15, 0.2) is 5.96 Å². The fraction of sp³-hybridized carbons (Fsp3) is 0.304. The first kappa shape index (κ1) is 25.5. The molecular formula is C23H29IN4O4. The van der Waals surface area contributed by atoms with Gasteiger partial charge in [-0.15, -0.1) is 24.0 Å². The first-order valence-electron chi connectivity index (χ1n) is 10.1. The summed E-state index contributed by atoms with van der Waals surface area (Å²) < 4.78 is 16.2. The van der Waals surface area contributed by atoms with Crippen molar-refractivity contribution in [2.24, 2.45) is 4.99 Å². The summed E-state index contributed by atoms with van der Waals surface area (Å²) in [6.45, 7) is 3.23. The van der Waals surface area contributed by atoms with Crippen molar-refractivity contribution in [2.45, 2.75) is 19.6 Å². The SMILES string of the molecule is CCNC(=NCc1coc(-c2ccccc2)n1)NCC(O)c1cc(OC)ccc1OC.I. The highest BCUT2D eigenvalue weighted by molar-refractivity contribution is 14.0. The van der Waals surface area contributed by atoms with E-state index in [4.69, 9.17) is 13.9 Å². The van der Waals surface area contributed by atoms with E-state index in [2.05, 4.69) is 20.6 Å². The van der Waals surface area contributed by atoms with Gasteiger partial charge in [-0.25, -0.2) is 9.98 Å². The Hall–Kier alpha value is -2.79. The second-order valence-electron chi connectivity index (χ2n) is 6.71. The van der Waals surface area contributed by atoms with E-state index >= 15 is 0 Å². The Morgan fingerprint density at radius 2 is 1.91 bits per heavy atom. The maximum Gasteiger partial charge on any atom is 0.226 e. The summed E-state index contributed by atoms with van der Waals surface area (Å²) in [5, 5.41) is 17.0. The molecule has 0 aliphatic rings. The van der Waals surface area contributed by atoms with Gasteiger partial charge in [0.25, 0.3) is 0 Å². The summed E-state index contributed by atoms with van der Waals surface area (Å²) in [5.41, 5.74) is 2.26. The third kappa shape index (κ3) is 6.86. The van der Waals surface area contributed by atoms with Crippen LogP contribution in [-0.4, -0.2) is 43.4 Å². The summed E-state index contributed by atoms with van der Waals surface area (Å²) in [4.78, 5) is 9.03. The van der Waals surface area contributed by atoms with Gasteiger partial charge in [0.05, 0.1) is 26.9 Å². The summed E-state index contributed by atoms with van der Waals surface area (Å²) in [6.07, 6.45) is 0.788. The van der Waals surface area contributed by atoms with Crippen molar-refractivity contribution >= 4 is 29.9 Å². The van der Waals surface area contributed by atoms with Gasteiger partial charge < -0.3 is 29.6 Å². The summed E-state index contributed by atoms with van der Waals surface area (Å²) >= 11 is 0. The van der Waals surface area contributed by atoms with Crippen LogP contribution in [0.2, 0.25) is 0 Å². The first-order valence-corrected chi connectivity index (χ1v) is 10.1. The van der Waals surface area contributed by atoms with E-state index in [-0.39, 0.29) is 30.5 Å². The van der Waals surface area contributed by atoms with Crippen LogP contribution in [0.4, 0.5) is 0 Å². The molecule has 172 valence electrons. The molecule has 0 saturated heterocycles. The van der Waals surface area contributed by atoms with Gasteiger partial charge in [-0.1, -0.05) is 18.2 Å². The second kappa shape index (κ2) is 12.9. The fourth-order valence-corrected chi connectivity index (χ4v) is 3.00. The summed E-state index contributed by atoms with van der Waals surface area (Å²) in [7, 11) is 3.15. The van der Waals surface area contributed by atoms with Gasteiger partial charge in [0.2, 0.25) is 5.89 Å². The monoisotopic (exact) mass is 552 g/mol. The molecule has 0 bridgehead atoms. The minimum atomic E-state index is -0.814. The lowest BCUT2D eigenvalue weighted by Crippen LogP contribution is -2.39. The van der Waals surface area contributed by atoms with Crippen LogP contribution in [0.1, 0.15) is 24.3 Å². The summed E-state index contributed by atoms with van der Waals surface area (Å²) in [5.74, 6) is 2.36. The van der Waals surface area contributed by atoms with Gasteiger partial charge in [-0.3, -0.25) is 0 Å². The molecule has 0 saturated carbocycles. The average molecular weight is 552 g/mol. The largest absolute Gasteiger partial charge is 0.497 e. The lowest BCUT2D eigenvalue weighted by molar-refractivity contribution is 0.176. The van der Waals surface area contributed by atoms with Crippen LogP contribution in [0.5, 0.6) is 11.5 Å². The van der Waals surface area contributed by atoms with Gasteiger partial charge in [0, 0.05) is 24.2 Å². The molecule has 1 heterocycles. The van der Waals surface area contributed by atoms with E-state index in [1.807, 2.05) is 37.3 Å². The molecular weight excluding hydrogens is 523 g/mol. The molecule has 3 aromatic rings. The normalized spacial score (nSPS) is 11.9. The molecule has 1 aromatic heterocycles. The average Bonchev–Trinajstić information content (AvgIpc) is 3.30. The maximum absolute atomic E-state index is 10.7. The smallest absolute Gasteiger partial charge is 0.226 e. The zero-order chi connectivity index (χ0) is 22.1. The molecule has 0 fully saturated rings. The van der Waals surface area contributed by atoms with Crippen molar-refractivity contribution in [3.8, 4) is 23.0 Å². The predicted octanol–water partition coefficient (Wildman–Crippen LogP) is 3.77. The van der Waals surface area contributed by atoms with Gasteiger partial charge >= 0.3 is 0 Å². The number of guanidine groups is 1. The Balaban J connectivity index is 0.00000363. The van der Waals surface area contributed by atoms with Crippen molar-refractivity contribution < 1.29 is 19.0 Å². The molecule has 1 unspecified atom stereocenters. The third-order valence-corrected chi connectivity index (χ3v) is 4.57. The number of ether oxygens (including phenoxy) is 2. The number of aliphatic imine (C=N–C) groups is 1. The number of halogens is 1. The van der Waals surface area contributed by atoms with Gasteiger partial charge in [-0.05, 0) is 37.3 Å². The fourth-order valence-electron chi connectivity index (χ4n) is 3.00. The van der Waals surface area contributed by atoms with Crippen molar-refractivity contribution in [3.63, 3.8) is 0 Å². The molecule has 1 atom stereocenters. The number of aromatic nitrogens is 1. The highest BCUT2D eigenvalue weighted by Gasteiger charge is 2.15. The highest BCUT2D eigenvalue weighted by Crippen LogP contribution is 2.29. The lowest BCUT2D eigenvalue weighted by Gasteiger charge is -2.18. The Bertz CT molecular complexity index is 995. The molecule has 3 rings (SSSR count). The number of benzene rings is 2. The molecule has 32 heavy (non-hydrogen) atoms. The standard InChI is InChI=1S/C23H28N4O4.HI/c1-4-24-23(25-13-17-15-31-22(27-17)16-8-6-5-7-9-16)26-14-20(28)19-12-18(29-2)10-11-21(19)30-3;/h5-12,15,20,28H,4,13-14H2,1-3H3,(H2,24,25,26);1H. The highest BCUT2D eigenvalue weighted by atomic mass is 127. The molecule has 3 N–H and O–H groups in total. The maximum atomic E-state index is 10.7. The van der Waals surface area contributed by atoms with E-state index in [0.717, 1.165) is 5.56 Å². The Kier molecular flexibility index (Phi) is 10.3. The number of hydrogen-bond donors (Lipinski definition) is 3. The first-order chi connectivity index (χ1) is 15.1. The molecule has 0 spiro atoms. The van der Waals surface area contributed by atoms with E-state index < -0.39 is 6.10 Å². The molecule has 0 aliphatic carbocycles. The molecule has 0 radical (unpaired) electrons. The van der Waals surface area contributed by atoms with Gasteiger partial charge in [0.1, 0.15) is 23.5 Å². The number of nitrogens with one attached hydrogen (secondary N) is 2. The Labute approximate surface area is 205 Å². The van der Waals surface area contributed by atoms with Crippen LogP contribution in [0.3, 0.4) is 0 Å². The number of oxazole rings is 1. The van der Waals surface area contributed by atoms with E-state index in [1.54, 1.807) is 38.7 Å². The number of nitrogens with zero attached hydrogens (tertiary/aromatic N) is 2. The Morgan fingerprint density at radius 1 is 1.12 bits per heavy atom. The van der Waals surface area contributed by atoms with Crippen molar-refractivity contribution in [2.75, 3.05) is 27.3 Å². The number of aliphatic hydroxyl groups excluding tert-OH is 1. The second-order valence-corrected chi connectivity index (χ2v) is 6.71. The lowest BCUT2D eigenvalue weighted by atomic mass is 10.1. The third-order valence-electron chi connectivity index (χ3n) is 4.57. The number of aliphatic hydroxyl groups is 1. The number of rotatable bonds is 9. The van der Waals surface area contributed by atoms with Crippen molar-refractivity contribution in [1.29, 1.82) is 0 Å². The topological polar surface area (TPSA) is 101 Å². The minimum absolute atomic E-state index is 0. The number of methoxy groups -OCH3 is 2. The van der Waals surface area contributed by atoms with Crippen LogP contribution in [0, 0.1) is 0 Å². The molecule has 8 nitrogen and oxygen atoms in total. The van der Waals surface area contributed by atoms with Gasteiger partial charge in [-0.2, -0.15) is 0 Å². The van der Waals surface area contributed by atoms with Crippen LogP contribution in [0.25, 0.3) is 11.5 Å². The van der Waals surface area contributed by atoms with Crippen LogP contribution in [0.15, 0.2) is 64.2 Å². The quantitative estimate of drug-likeness (QED) is 0.211. The van der Waals surface area contributed by atoms with E-state index in [9.17, 15) is 5.11 Å². The molecule has 0 aliphatic heterocycles. The minimum Gasteiger partial charge on any atom is -0.497 e. The zero-order valence-electron chi connectivity index (χ0n) is 18.4. The van der Waals surface area contributed by atoms with E-state index in [0.29, 0.717) is 47.7 Å². The molecule has 2 aromatic carbocycles. The van der Waals surface area contributed by atoms with Crippen LogP contribution >= 0.6 is 24.0 Å². The summed E-state index contributed by atoms with van der Waals surface area (Å²) in [6, 6.07) is 15.0.